The van der Waals surface area contributed by atoms with Crippen LogP contribution in [0.5, 0.6) is 5.75 Å². The summed E-state index contributed by atoms with van der Waals surface area (Å²) in [6.45, 7) is 5.43. The SMILES string of the molecule is CC(=O)Oc1ccc(-n2c(C)cc(C=Nn3c(C4CCCCC4)nc4ccc(Br)cc4c3=O)c2C)cc1. The van der Waals surface area contributed by atoms with E-state index in [1.54, 1.807) is 18.3 Å². The van der Waals surface area contributed by atoms with E-state index in [2.05, 4.69) is 26.6 Å². The van der Waals surface area contributed by atoms with E-state index >= 15 is 0 Å². The molecule has 0 radical (unpaired) electrons. The molecule has 1 aliphatic carbocycles. The zero-order chi connectivity index (χ0) is 26.1. The largest absolute Gasteiger partial charge is 0.427 e. The van der Waals surface area contributed by atoms with Crippen molar-refractivity contribution in [3.8, 4) is 11.4 Å². The van der Waals surface area contributed by atoms with Crippen LogP contribution < -0.4 is 10.3 Å². The van der Waals surface area contributed by atoms with E-state index in [1.165, 1.54) is 18.0 Å². The summed E-state index contributed by atoms with van der Waals surface area (Å²) in [7, 11) is 0. The number of rotatable bonds is 5. The highest BCUT2D eigenvalue weighted by molar-refractivity contribution is 9.10. The third kappa shape index (κ3) is 5.16. The van der Waals surface area contributed by atoms with Gasteiger partial charge in [-0.1, -0.05) is 35.2 Å². The van der Waals surface area contributed by atoms with Crippen LogP contribution in [0.3, 0.4) is 0 Å². The molecular weight excluding hydrogens is 532 g/mol. The molecule has 0 atom stereocenters. The maximum Gasteiger partial charge on any atom is 0.308 e. The molecule has 2 heterocycles. The normalized spacial score (nSPS) is 14.5. The number of fused-ring (bicyclic) bond motifs is 1. The zero-order valence-electron chi connectivity index (χ0n) is 21.2. The van der Waals surface area contributed by atoms with E-state index in [0.717, 1.165) is 58.6 Å². The number of aromatic nitrogens is 3. The molecule has 1 fully saturated rings. The maximum absolute atomic E-state index is 13.6. The van der Waals surface area contributed by atoms with Gasteiger partial charge in [0.2, 0.25) is 0 Å². The first-order chi connectivity index (χ1) is 17.8. The van der Waals surface area contributed by atoms with Crippen molar-refractivity contribution in [2.24, 2.45) is 5.10 Å². The van der Waals surface area contributed by atoms with Crippen LogP contribution in [0.2, 0.25) is 0 Å². The van der Waals surface area contributed by atoms with Crippen molar-refractivity contribution in [3.63, 3.8) is 0 Å². The Kier molecular flexibility index (Phi) is 7.11. The molecule has 1 aliphatic rings. The monoisotopic (exact) mass is 560 g/mol. The molecule has 0 saturated heterocycles. The topological polar surface area (TPSA) is 78.5 Å². The van der Waals surface area contributed by atoms with Crippen molar-refractivity contribution >= 4 is 39.0 Å². The lowest BCUT2D eigenvalue weighted by molar-refractivity contribution is -0.131. The molecule has 0 bridgehead atoms. The van der Waals surface area contributed by atoms with E-state index in [1.807, 2.05) is 44.2 Å². The Hall–Kier alpha value is -3.52. The van der Waals surface area contributed by atoms with E-state index in [9.17, 15) is 9.59 Å². The molecule has 5 rings (SSSR count). The van der Waals surface area contributed by atoms with E-state index in [4.69, 9.17) is 14.8 Å². The Morgan fingerprint density at radius 1 is 1.08 bits per heavy atom. The summed E-state index contributed by atoms with van der Waals surface area (Å²) in [6, 6.07) is 15.0. The van der Waals surface area contributed by atoms with Crippen LogP contribution in [0, 0.1) is 13.8 Å². The molecule has 4 aromatic rings. The third-order valence-electron chi connectivity index (χ3n) is 6.94. The van der Waals surface area contributed by atoms with Crippen LogP contribution in [-0.2, 0) is 4.79 Å². The average molecular weight is 561 g/mol. The summed E-state index contributed by atoms with van der Waals surface area (Å²) in [6.07, 6.45) is 7.29. The number of ether oxygens (including phenoxy) is 1. The van der Waals surface area contributed by atoms with Crippen LogP contribution in [-0.4, -0.2) is 26.4 Å². The summed E-state index contributed by atoms with van der Waals surface area (Å²) < 4.78 is 9.61. The van der Waals surface area contributed by atoms with E-state index in [-0.39, 0.29) is 17.4 Å². The number of carbonyl (C=O) groups is 1. The van der Waals surface area contributed by atoms with Gasteiger partial charge in [-0.2, -0.15) is 9.78 Å². The van der Waals surface area contributed by atoms with Crippen molar-refractivity contribution < 1.29 is 9.53 Å². The highest BCUT2D eigenvalue weighted by Crippen LogP contribution is 2.32. The molecule has 2 aromatic carbocycles. The first-order valence-electron chi connectivity index (χ1n) is 12.6. The van der Waals surface area contributed by atoms with E-state index in [0.29, 0.717) is 16.7 Å². The van der Waals surface area contributed by atoms with Gasteiger partial charge in [0, 0.05) is 40.0 Å². The third-order valence-corrected chi connectivity index (χ3v) is 7.44. The van der Waals surface area contributed by atoms with Crippen LogP contribution in [0.15, 0.2) is 62.9 Å². The summed E-state index contributed by atoms with van der Waals surface area (Å²) in [5.74, 6) is 1.11. The minimum Gasteiger partial charge on any atom is -0.427 e. The second-order valence-electron chi connectivity index (χ2n) is 9.58. The molecule has 8 heteroatoms. The van der Waals surface area contributed by atoms with Gasteiger partial charge in [-0.25, -0.2) is 4.98 Å². The number of benzene rings is 2. The van der Waals surface area contributed by atoms with Gasteiger partial charge in [-0.05, 0) is 75.2 Å². The highest BCUT2D eigenvalue weighted by atomic mass is 79.9. The fourth-order valence-corrected chi connectivity index (χ4v) is 5.53. The second-order valence-corrected chi connectivity index (χ2v) is 10.5. The Morgan fingerprint density at radius 2 is 1.81 bits per heavy atom. The van der Waals surface area contributed by atoms with Gasteiger partial charge >= 0.3 is 5.97 Å². The van der Waals surface area contributed by atoms with Crippen molar-refractivity contribution in [2.75, 3.05) is 0 Å². The number of hydrogen-bond donors (Lipinski definition) is 0. The van der Waals surface area contributed by atoms with Crippen molar-refractivity contribution in [3.05, 3.63) is 86.1 Å². The molecule has 37 heavy (non-hydrogen) atoms. The number of nitrogens with zero attached hydrogens (tertiary/aromatic N) is 4. The number of carbonyl (C=O) groups excluding carboxylic acids is 1. The number of esters is 1. The number of hydrogen-bond acceptors (Lipinski definition) is 5. The lowest BCUT2D eigenvalue weighted by atomic mass is 9.88. The Bertz CT molecular complexity index is 1560. The van der Waals surface area contributed by atoms with Crippen LogP contribution in [0.25, 0.3) is 16.6 Å². The Labute approximate surface area is 223 Å². The lowest BCUT2D eigenvalue weighted by Gasteiger charge is -2.22. The molecule has 0 N–H and O–H groups in total. The van der Waals surface area contributed by atoms with Gasteiger partial charge in [-0.15, -0.1) is 0 Å². The summed E-state index contributed by atoms with van der Waals surface area (Å²) in [5.41, 5.74) is 4.43. The second kappa shape index (κ2) is 10.5. The number of aryl methyl sites for hydroxylation is 1. The van der Waals surface area contributed by atoms with Gasteiger partial charge in [0.05, 0.1) is 17.1 Å². The van der Waals surface area contributed by atoms with Crippen molar-refractivity contribution in [2.45, 2.75) is 58.8 Å². The Morgan fingerprint density at radius 3 is 2.51 bits per heavy atom. The highest BCUT2D eigenvalue weighted by Gasteiger charge is 2.22. The lowest BCUT2D eigenvalue weighted by Crippen LogP contribution is -2.25. The summed E-state index contributed by atoms with van der Waals surface area (Å²) in [5, 5.41) is 5.26. The molecule has 0 aliphatic heterocycles. The molecule has 2 aromatic heterocycles. The molecule has 0 amide bonds. The van der Waals surface area contributed by atoms with Gasteiger partial charge in [0.1, 0.15) is 11.6 Å². The number of halogens is 1. The standard InChI is InChI=1S/C29H29BrN4O3/c1-18-15-22(19(2)33(18)24-10-12-25(13-11-24)37-20(3)35)17-31-34-28(21-7-5-4-6-8-21)32-27-14-9-23(30)16-26(27)29(34)36/h9-17,21H,4-8H2,1-3H3. The first-order valence-corrected chi connectivity index (χ1v) is 13.4. The minimum absolute atomic E-state index is 0.155. The average Bonchev–Trinajstić information content (AvgIpc) is 3.17. The smallest absolute Gasteiger partial charge is 0.308 e. The van der Waals surface area contributed by atoms with Crippen LogP contribution in [0.1, 0.15) is 67.7 Å². The first kappa shape index (κ1) is 25.1. The summed E-state index contributed by atoms with van der Waals surface area (Å²) in [4.78, 5) is 29.8. The predicted molar refractivity (Wildman–Crippen MR) is 149 cm³/mol. The predicted octanol–water partition coefficient (Wildman–Crippen LogP) is 6.42. The maximum atomic E-state index is 13.6. The molecular formula is C29H29BrN4O3. The van der Waals surface area contributed by atoms with Gasteiger partial charge in [0.15, 0.2) is 0 Å². The Balaban J connectivity index is 1.55. The van der Waals surface area contributed by atoms with Crippen molar-refractivity contribution in [1.29, 1.82) is 0 Å². The van der Waals surface area contributed by atoms with Crippen LogP contribution >= 0.6 is 15.9 Å². The van der Waals surface area contributed by atoms with Gasteiger partial charge < -0.3 is 9.30 Å². The zero-order valence-corrected chi connectivity index (χ0v) is 22.8. The van der Waals surface area contributed by atoms with E-state index < -0.39 is 0 Å². The fourth-order valence-electron chi connectivity index (χ4n) is 5.17. The quantitative estimate of drug-likeness (QED) is 0.160. The molecule has 7 nitrogen and oxygen atoms in total. The molecule has 190 valence electrons. The molecule has 0 spiro atoms. The molecule has 1 saturated carbocycles. The van der Waals surface area contributed by atoms with Gasteiger partial charge in [0.25, 0.3) is 5.56 Å². The fraction of sp³-hybridized carbons (Fsp3) is 0.310. The van der Waals surface area contributed by atoms with Crippen LogP contribution in [0.4, 0.5) is 0 Å². The van der Waals surface area contributed by atoms with Gasteiger partial charge in [-0.3, -0.25) is 9.59 Å². The minimum atomic E-state index is -0.349. The summed E-state index contributed by atoms with van der Waals surface area (Å²) >= 11 is 3.48. The van der Waals surface area contributed by atoms with Crippen molar-refractivity contribution in [1.82, 2.24) is 14.2 Å². The molecule has 0 unspecified atom stereocenters.